The third-order valence-electron chi connectivity index (χ3n) is 2.68. The Morgan fingerprint density at radius 1 is 1.15 bits per heavy atom. The Kier molecular flexibility index (Phi) is 4.22. The number of sulfone groups is 1. The summed E-state index contributed by atoms with van der Waals surface area (Å²) in [5.41, 5.74) is 5.78. The molecule has 2 rings (SSSR count). The molecular formula is C13H10Cl2FNO2S. The molecule has 0 saturated heterocycles. The Morgan fingerprint density at radius 3 is 2.50 bits per heavy atom. The van der Waals surface area contributed by atoms with E-state index in [0.29, 0.717) is 5.56 Å². The maximum atomic E-state index is 13.0. The van der Waals surface area contributed by atoms with Gasteiger partial charge >= 0.3 is 0 Å². The molecule has 0 aliphatic heterocycles. The van der Waals surface area contributed by atoms with Crippen LogP contribution in [0, 0.1) is 5.82 Å². The molecule has 106 valence electrons. The first-order chi connectivity index (χ1) is 9.31. The van der Waals surface area contributed by atoms with Gasteiger partial charge in [0.15, 0.2) is 9.84 Å². The van der Waals surface area contributed by atoms with Crippen molar-refractivity contribution in [1.82, 2.24) is 0 Å². The molecule has 0 aliphatic carbocycles. The Labute approximate surface area is 126 Å². The van der Waals surface area contributed by atoms with Crippen LogP contribution in [-0.2, 0) is 15.6 Å². The van der Waals surface area contributed by atoms with Gasteiger partial charge in [0, 0.05) is 0 Å². The van der Waals surface area contributed by atoms with E-state index in [-0.39, 0.29) is 26.4 Å². The first kappa shape index (κ1) is 15.1. The van der Waals surface area contributed by atoms with Crippen LogP contribution in [0.4, 0.5) is 10.1 Å². The summed E-state index contributed by atoms with van der Waals surface area (Å²) in [6, 6.07) is 7.87. The Balaban J connectivity index is 2.44. The van der Waals surface area contributed by atoms with E-state index in [1.54, 1.807) is 18.2 Å². The number of rotatable bonds is 3. The molecule has 0 fully saturated rings. The molecule has 3 nitrogen and oxygen atoms in total. The SMILES string of the molecule is Nc1cc(F)ccc1S(=O)(=O)Cc1cccc(Cl)c1Cl. The fourth-order valence-corrected chi connectivity index (χ4v) is 3.71. The molecule has 0 atom stereocenters. The van der Waals surface area contributed by atoms with Crippen LogP contribution >= 0.6 is 23.2 Å². The van der Waals surface area contributed by atoms with E-state index in [4.69, 9.17) is 28.9 Å². The molecule has 2 aromatic carbocycles. The fourth-order valence-electron chi connectivity index (χ4n) is 1.74. The molecule has 0 aromatic heterocycles. The number of hydrogen-bond donors (Lipinski definition) is 1. The topological polar surface area (TPSA) is 60.2 Å². The summed E-state index contributed by atoms with van der Waals surface area (Å²) in [6.45, 7) is 0. The molecule has 0 amide bonds. The van der Waals surface area contributed by atoms with Crippen molar-refractivity contribution >= 4 is 38.7 Å². The van der Waals surface area contributed by atoms with Gasteiger partial charge < -0.3 is 5.73 Å². The molecule has 0 saturated carbocycles. The van der Waals surface area contributed by atoms with Crippen molar-refractivity contribution < 1.29 is 12.8 Å². The van der Waals surface area contributed by atoms with Crippen molar-refractivity contribution in [1.29, 1.82) is 0 Å². The number of hydrogen-bond acceptors (Lipinski definition) is 3. The van der Waals surface area contributed by atoms with Crippen molar-refractivity contribution in [2.45, 2.75) is 10.6 Å². The van der Waals surface area contributed by atoms with E-state index in [1.807, 2.05) is 0 Å². The van der Waals surface area contributed by atoms with Crippen LogP contribution in [0.15, 0.2) is 41.3 Å². The fraction of sp³-hybridized carbons (Fsp3) is 0.0769. The Hall–Kier alpha value is -1.30. The molecule has 7 heteroatoms. The van der Waals surface area contributed by atoms with Gasteiger partial charge in [-0.25, -0.2) is 12.8 Å². The number of nitrogens with two attached hydrogens (primary N) is 1. The lowest BCUT2D eigenvalue weighted by molar-refractivity contribution is 0.594. The van der Waals surface area contributed by atoms with E-state index in [9.17, 15) is 12.8 Å². The molecule has 0 aliphatic rings. The summed E-state index contributed by atoms with van der Waals surface area (Å²) < 4.78 is 37.6. The summed E-state index contributed by atoms with van der Waals surface area (Å²) >= 11 is 11.8. The molecule has 0 radical (unpaired) electrons. The van der Waals surface area contributed by atoms with E-state index >= 15 is 0 Å². The molecule has 2 N–H and O–H groups in total. The van der Waals surface area contributed by atoms with E-state index < -0.39 is 15.7 Å². The lowest BCUT2D eigenvalue weighted by Gasteiger charge is -2.09. The average Bonchev–Trinajstić information content (AvgIpc) is 2.34. The van der Waals surface area contributed by atoms with E-state index in [0.717, 1.165) is 18.2 Å². The molecule has 20 heavy (non-hydrogen) atoms. The van der Waals surface area contributed by atoms with Crippen LogP contribution in [0.1, 0.15) is 5.56 Å². The maximum absolute atomic E-state index is 13.0. The largest absolute Gasteiger partial charge is 0.398 e. The van der Waals surface area contributed by atoms with Crippen molar-refractivity contribution in [3.63, 3.8) is 0 Å². The zero-order valence-corrected chi connectivity index (χ0v) is 12.4. The van der Waals surface area contributed by atoms with Crippen LogP contribution < -0.4 is 5.73 Å². The third-order valence-corrected chi connectivity index (χ3v) is 5.27. The Morgan fingerprint density at radius 2 is 1.85 bits per heavy atom. The van der Waals surface area contributed by atoms with Gasteiger partial charge in [-0.05, 0) is 29.8 Å². The number of nitrogen functional groups attached to an aromatic ring is 1. The van der Waals surface area contributed by atoms with Gasteiger partial charge in [-0.1, -0.05) is 35.3 Å². The summed E-state index contributed by atoms with van der Waals surface area (Å²) in [5.74, 6) is -0.954. The van der Waals surface area contributed by atoms with Crippen LogP contribution in [0.2, 0.25) is 10.0 Å². The number of halogens is 3. The third kappa shape index (κ3) is 3.06. The number of anilines is 1. The molecule has 0 heterocycles. The van der Waals surface area contributed by atoms with Crippen LogP contribution in [-0.4, -0.2) is 8.42 Å². The lowest BCUT2D eigenvalue weighted by Crippen LogP contribution is -2.08. The maximum Gasteiger partial charge on any atom is 0.184 e. The second-order valence-corrected chi connectivity index (χ2v) is 6.90. The molecular weight excluding hydrogens is 324 g/mol. The van der Waals surface area contributed by atoms with Crippen LogP contribution in [0.5, 0.6) is 0 Å². The standard InChI is InChI=1S/C13H10Cl2FNO2S/c14-10-3-1-2-8(13(10)15)7-20(18,19)12-5-4-9(16)6-11(12)17/h1-6H,7,17H2. The van der Waals surface area contributed by atoms with E-state index in [2.05, 4.69) is 0 Å². The minimum atomic E-state index is -3.73. The van der Waals surface area contributed by atoms with Crippen LogP contribution in [0.25, 0.3) is 0 Å². The van der Waals surface area contributed by atoms with Gasteiger partial charge in [0.05, 0.1) is 26.4 Å². The lowest BCUT2D eigenvalue weighted by atomic mass is 10.2. The summed E-state index contributed by atoms with van der Waals surface area (Å²) in [4.78, 5) is -0.130. The highest BCUT2D eigenvalue weighted by molar-refractivity contribution is 7.90. The molecule has 2 aromatic rings. The van der Waals surface area contributed by atoms with Gasteiger partial charge in [-0.15, -0.1) is 0 Å². The zero-order valence-electron chi connectivity index (χ0n) is 10.1. The van der Waals surface area contributed by atoms with Crippen molar-refractivity contribution in [2.75, 3.05) is 5.73 Å². The quantitative estimate of drug-likeness (QED) is 0.688. The molecule has 0 unspecified atom stereocenters. The van der Waals surface area contributed by atoms with E-state index in [1.165, 1.54) is 0 Å². The summed E-state index contributed by atoms with van der Waals surface area (Å²) in [7, 11) is -3.73. The first-order valence-electron chi connectivity index (χ1n) is 5.52. The normalized spacial score (nSPS) is 11.6. The van der Waals surface area contributed by atoms with Gasteiger partial charge in [0.2, 0.25) is 0 Å². The highest BCUT2D eigenvalue weighted by atomic mass is 35.5. The Bertz CT molecular complexity index is 763. The van der Waals surface area contributed by atoms with Crippen molar-refractivity contribution in [3.8, 4) is 0 Å². The van der Waals surface area contributed by atoms with Gasteiger partial charge in [-0.3, -0.25) is 0 Å². The molecule has 0 bridgehead atoms. The smallest absolute Gasteiger partial charge is 0.184 e. The average molecular weight is 334 g/mol. The minimum Gasteiger partial charge on any atom is -0.398 e. The number of benzene rings is 2. The second-order valence-electron chi connectivity index (χ2n) is 4.15. The van der Waals surface area contributed by atoms with Gasteiger partial charge in [-0.2, -0.15) is 0 Å². The summed E-state index contributed by atoms with van der Waals surface area (Å²) in [6.07, 6.45) is 0. The van der Waals surface area contributed by atoms with Gasteiger partial charge in [0.1, 0.15) is 5.82 Å². The first-order valence-corrected chi connectivity index (χ1v) is 7.93. The predicted octanol–water partition coefficient (Wildman–Crippen LogP) is 3.69. The highest BCUT2D eigenvalue weighted by Gasteiger charge is 2.20. The monoisotopic (exact) mass is 333 g/mol. The minimum absolute atomic E-state index is 0.130. The highest BCUT2D eigenvalue weighted by Crippen LogP contribution is 2.30. The summed E-state index contributed by atoms with van der Waals surface area (Å²) in [5, 5.41) is 0.449. The van der Waals surface area contributed by atoms with Gasteiger partial charge in [0.25, 0.3) is 0 Å². The van der Waals surface area contributed by atoms with Crippen LogP contribution in [0.3, 0.4) is 0 Å². The van der Waals surface area contributed by atoms with Crippen molar-refractivity contribution in [3.05, 3.63) is 57.8 Å². The molecule has 0 spiro atoms. The zero-order chi connectivity index (χ0) is 14.9. The van der Waals surface area contributed by atoms with Crippen molar-refractivity contribution in [2.24, 2.45) is 0 Å². The second kappa shape index (κ2) is 5.60. The predicted molar refractivity (Wildman–Crippen MR) is 78.2 cm³/mol.